The van der Waals surface area contributed by atoms with Crippen LogP contribution in [0, 0.1) is 0 Å². The highest BCUT2D eigenvalue weighted by Gasteiger charge is 2.28. The van der Waals surface area contributed by atoms with Crippen LogP contribution in [-0.4, -0.2) is 34.3 Å². The van der Waals surface area contributed by atoms with Crippen molar-refractivity contribution < 1.29 is 9.59 Å². The molecule has 1 aromatic heterocycles. The molecule has 1 saturated heterocycles. The van der Waals surface area contributed by atoms with Gasteiger partial charge in [0.15, 0.2) is 0 Å². The van der Waals surface area contributed by atoms with Crippen LogP contribution in [0.1, 0.15) is 33.9 Å². The fraction of sp³-hybridized carbons (Fsp3) is 0.353. The zero-order valence-electron chi connectivity index (χ0n) is 14.6. The Labute approximate surface area is 174 Å². The van der Waals surface area contributed by atoms with E-state index in [0.717, 1.165) is 30.0 Å². The van der Waals surface area contributed by atoms with E-state index in [4.69, 9.17) is 11.5 Å². The predicted octanol–water partition coefficient (Wildman–Crippen LogP) is 2.15. The van der Waals surface area contributed by atoms with Crippen molar-refractivity contribution in [3.05, 3.63) is 45.9 Å². The molecule has 1 atom stereocenters. The van der Waals surface area contributed by atoms with Gasteiger partial charge >= 0.3 is 0 Å². The van der Waals surface area contributed by atoms with E-state index in [1.54, 1.807) is 5.38 Å². The maximum absolute atomic E-state index is 12.3. The third kappa shape index (κ3) is 5.88. The van der Waals surface area contributed by atoms with Gasteiger partial charge in [-0.1, -0.05) is 12.1 Å². The zero-order valence-corrected chi connectivity index (χ0v) is 17.0. The first-order valence-corrected chi connectivity index (χ1v) is 9.03. The summed E-state index contributed by atoms with van der Waals surface area (Å²) in [5.41, 5.74) is 13.1. The van der Waals surface area contributed by atoms with Gasteiger partial charge < -0.3 is 16.8 Å². The van der Waals surface area contributed by atoms with Crippen LogP contribution in [-0.2, 0) is 17.9 Å². The van der Waals surface area contributed by atoms with E-state index in [9.17, 15) is 9.59 Å². The topological polar surface area (TPSA) is 114 Å². The average Bonchev–Trinajstić information content (AvgIpc) is 3.24. The Balaban J connectivity index is 0.00000182. The van der Waals surface area contributed by atoms with Gasteiger partial charge in [-0.25, -0.2) is 4.98 Å². The number of rotatable bonds is 6. The minimum atomic E-state index is -0.277. The molecule has 5 N–H and O–H groups in total. The molecule has 0 radical (unpaired) electrons. The summed E-state index contributed by atoms with van der Waals surface area (Å²) in [6.45, 7) is 1.81. The molecule has 0 spiro atoms. The summed E-state index contributed by atoms with van der Waals surface area (Å²) in [7, 11) is 0. The highest BCUT2D eigenvalue weighted by molar-refractivity contribution is 7.09. The van der Waals surface area contributed by atoms with Gasteiger partial charge in [0.05, 0.1) is 6.04 Å². The fourth-order valence-electron chi connectivity index (χ4n) is 3.02. The lowest BCUT2D eigenvalue weighted by atomic mass is 10.1. The van der Waals surface area contributed by atoms with E-state index in [1.165, 1.54) is 11.3 Å². The number of aromatic nitrogens is 1. The number of hydrogen-bond donors (Lipinski definition) is 3. The average molecular weight is 432 g/mol. The van der Waals surface area contributed by atoms with E-state index >= 15 is 0 Å². The summed E-state index contributed by atoms with van der Waals surface area (Å²) < 4.78 is 0. The summed E-state index contributed by atoms with van der Waals surface area (Å²) in [5.74, 6) is -0.537. The van der Waals surface area contributed by atoms with Crippen molar-refractivity contribution in [1.29, 1.82) is 0 Å². The van der Waals surface area contributed by atoms with E-state index in [-0.39, 0.29) is 42.7 Å². The Hall–Kier alpha value is -1.71. The second-order valence-electron chi connectivity index (χ2n) is 6.02. The van der Waals surface area contributed by atoms with Gasteiger partial charge in [-0.05, 0) is 37.1 Å². The van der Waals surface area contributed by atoms with Gasteiger partial charge in [-0.2, -0.15) is 0 Å². The molecule has 0 bridgehead atoms. The molecule has 2 heterocycles. The number of primary amides is 1. The van der Waals surface area contributed by atoms with Crippen molar-refractivity contribution in [1.82, 2.24) is 9.88 Å². The van der Waals surface area contributed by atoms with E-state index in [2.05, 4.69) is 15.2 Å². The lowest BCUT2D eigenvalue weighted by molar-refractivity contribution is -0.122. The number of hydrogen-bond acceptors (Lipinski definition) is 6. The highest BCUT2D eigenvalue weighted by atomic mass is 35.5. The van der Waals surface area contributed by atoms with Crippen LogP contribution < -0.4 is 16.8 Å². The van der Waals surface area contributed by atoms with Crippen molar-refractivity contribution in [2.75, 3.05) is 11.9 Å². The minimum Gasteiger partial charge on any atom is -0.368 e. The number of anilines is 1. The van der Waals surface area contributed by atoms with Crippen LogP contribution in [0.5, 0.6) is 0 Å². The second-order valence-corrected chi connectivity index (χ2v) is 6.96. The van der Waals surface area contributed by atoms with Crippen LogP contribution in [0.2, 0.25) is 0 Å². The standard InChI is InChI=1S/C17H21N5O2S.2ClH/c18-8-15-21-13(10-25-15)17(24)20-12-4-1-3-11(7-12)9-22-6-2-5-14(22)16(19)23;;/h1,3-4,7,10,14H,2,5-6,8-9,18H2,(H2,19,23)(H,20,24);2*1H. The van der Waals surface area contributed by atoms with E-state index < -0.39 is 0 Å². The molecule has 1 aliphatic rings. The molecule has 10 heteroatoms. The molecule has 3 rings (SSSR count). The number of nitrogens with zero attached hydrogens (tertiary/aromatic N) is 2. The summed E-state index contributed by atoms with van der Waals surface area (Å²) in [6.07, 6.45) is 1.77. The van der Waals surface area contributed by atoms with Crippen molar-refractivity contribution in [3.8, 4) is 0 Å². The molecular weight excluding hydrogens is 409 g/mol. The lowest BCUT2D eigenvalue weighted by Crippen LogP contribution is -2.39. The monoisotopic (exact) mass is 431 g/mol. The molecule has 0 saturated carbocycles. The molecule has 7 nitrogen and oxygen atoms in total. The summed E-state index contributed by atoms with van der Waals surface area (Å²) in [5, 5.41) is 5.27. The van der Waals surface area contributed by atoms with Gasteiger partial charge in [0.25, 0.3) is 5.91 Å². The van der Waals surface area contributed by atoms with E-state index in [0.29, 0.717) is 24.5 Å². The molecule has 2 aromatic rings. The number of carbonyl (C=O) groups is 2. The largest absolute Gasteiger partial charge is 0.368 e. The first kappa shape index (κ1) is 23.3. The number of benzene rings is 1. The molecule has 1 aliphatic heterocycles. The smallest absolute Gasteiger partial charge is 0.275 e. The first-order chi connectivity index (χ1) is 12.1. The Morgan fingerprint density at radius 3 is 2.78 bits per heavy atom. The summed E-state index contributed by atoms with van der Waals surface area (Å²) >= 11 is 1.37. The van der Waals surface area contributed by atoms with Gasteiger partial charge in [-0.15, -0.1) is 36.2 Å². The number of likely N-dealkylation sites (tertiary alicyclic amines) is 1. The molecule has 2 amide bonds. The molecule has 1 aromatic carbocycles. The Morgan fingerprint density at radius 1 is 1.33 bits per heavy atom. The number of thiazole rings is 1. The predicted molar refractivity (Wildman–Crippen MR) is 112 cm³/mol. The highest BCUT2D eigenvalue weighted by Crippen LogP contribution is 2.21. The molecule has 0 aliphatic carbocycles. The molecule has 148 valence electrons. The normalized spacial score (nSPS) is 16.3. The number of nitrogens with two attached hydrogens (primary N) is 2. The van der Waals surface area contributed by atoms with Crippen LogP contribution in [0.3, 0.4) is 0 Å². The quantitative estimate of drug-likeness (QED) is 0.647. The fourth-order valence-corrected chi connectivity index (χ4v) is 3.68. The van der Waals surface area contributed by atoms with Crippen LogP contribution >= 0.6 is 36.2 Å². The number of amides is 2. The second kappa shape index (κ2) is 10.6. The van der Waals surface area contributed by atoms with Gasteiger partial charge in [0.2, 0.25) is 5.91 Å². The third-order valence-corrected chi connectivity index (χ3v) is 5.09. The Bertz CT molecular complexity index is 786. The van der Waals surface area contributed by atoms with E-state index in [1.807, 2.05) is 24.3 Å². The van der Waals surface area contributed by atoms with Crippen LogP contribution in [0.15, 0.2) is 29.6 Å². The number of halogens is 2. The van der Waals surface area contributed by atoms with Crippen molar-refractivity contribution in [2.24, 2.45) is 11.5 Å². The maximum Gasteiger partial charge on any atom is 0.275 e. The molecular formula is C17H23Cl2N5O2S. The van der Waals surface area contributed by atoms with Crippen molar-refractivity contribution in [3.63, 3.8) is 0 Å². The summed E-state index contributed by atoms with van der Waals surface area (Å²) in [6, 6.07) is 7.38. The molecule has 1 fully saturated rings. The Morgan fingerprint density at radius 2 is 2.11 bits per heavy atom. The lowest BCUT2D eigenvalue weighted by Gasteiger charge is -2.22. The molecule has 27 heavy (non-hydrogen) atoms. The SMILES string of the molecule is Cl.Cl.NCc1nc(C(=O)Nc2cccc(CN3CCCC3C(N)=O)c2)cs1. The number of nitrogens with one attached hydrogen (secondary N) is 1. The minimum absolute atomic E-state index is 0. The van der Waals surface area contributed by atoms with Crippen molar-refractivity contribution in [2.45, 2.75) is 32.0 Å². The third-order valence-electron chi connectivity index (χ3n) is 4.22. The summed E-state index contributed by atoms with van der Waals surface area (Å²) in [4.78, 5) is 30.0. The van der Waals surface area contributed by atoms with Crippen LogP contribution in [0.4, 0.5) is 5.69 Å². The molecule has 1 unspecified atom stereocenters. The van der Waals surface area contributed by atoms with Crippen LogP contribution in [0.25, 0.3) is 0 Å². The van der Waals surface area contributed by atoms with Gasteiger partial charge in [-0.3, -0.25) is 14.5 Å². The maximum atomic E-state index is 12.3. The zero-order chi connectivity index (χ0) is 17.8. The van der Waals surface area contributed by atoms with Crippen molar-refractivity contribution >= 4 is 53.7 Å². The Kier molecular flexibility index (Phi) is 9.14. The number of carbonyl (C=O) groups excluding carboxylic acids is 2. The van der Waals surface area contributed by atoms with Gasteiger partial charge in [0.1, 0.15) is 10.7 Å². The first-order valence-electron chi connectivity index (χ1n) is 8.15. The van der Waals surface area contributed by atoms with Gasteiger partial charge in [0, 0.05) is 24.2 Å².